The maximum absolute atomic E-state index is 13.5. The van der Waals surface area contributed by atoms with Crippen molar-refractivity contribution >= 4 is 33.7 Å². The molecule has 0 spiro atoms. The molecule has 2 aromatic carbocycles. The Morgan fingerprint density at radius 1 is 0.871 bits per heavy atom. The lowest BCUT2D eigenvalue weighted by Crippen LogP contribution is -2.39. The Kier molecular flexibility index (Phi) is 4.19. The molecule has 3 aromatic heterocycles. The van der Waals surface area contributed by atoms with Crippen molar-refractivity contribution < 1.29 is 4.42 Å². The van der Waals surface area contributed by atoms with Crippen LogP contribution in [0.15, 0.2) is 73.4 Å². The molecule has 0 radical (unpaired) electrons. The van der Waals surface area contributed by atoms with Crippen LogP contribution in [0.3, 0.4) is 0 Å². The van der Waals surface area contributed by atoms with Gasteiger partial charge in [-0.3, -0.25) is 23.3 Å². The topological polar surface area (TPSA) is 92.0 Å². The molecule has 0 amide bonds. The maximum Gasteiger partial charge on any atom is 0.332 e. The van der Waals surface area contributed by atoms with Crippen LogP contribution in [-0.4, -0.2) is 18.7 Å². The number of oxazole rings is 1. The van der Waals surface area contributed by atoms with E-state index in [1.807, 2.05) is 6.07 Å². The van der Waals surface area contributed by atoms with E-state index in [0.29, 0.717) is 16.3 Å². The highest BCUT2D eigenvalue weighted by Crippen LogP contribution is 2.28. The van der Waals surface area contributed by atoms with Crippen molar-refractivity contribution in [1.82, 2.24) is 18.7 Å². The van der Waals surface area contributed by atoms with Gasteiger partial charge in [0.25, 0.3) is 11.1 Å². The highest BCUT2D eigenvalue weighted by molar-refractivity contribution is 6.30. The quantitative estimate of drug-likeness (QED) is 0.426. The minimum absolute atomic E-state index is 0.00273. The highest BCUT2D eigenvalue weighted by Gasteiger charge is 2.24. The summed E-state index contributed by atoms with van der Waals surface area (Å²) in [6, 6.07) is 15.5. The van der Waals surface area contributed by atoms with Crippen LogP contribution in [0.2, 0.25) is 5.02 Å². The number of fused-ring (bicyclic) bond motifs is 3. The second-order valence-electron chi connectivity index (χ2n) is 7.08. The Morgan fingerprint density at radius 3 is 2.23 bits per heavy atom. The summed E-state index contributed by atoms with van der Waals surface area (Å²) in [5.41, 5.74) is -0.369. The molecule has 0 N–H and O–H groups in total. The lowest BCUT2D eigenvalue weighted by atomic mass is 10.2. The molecule has 9 heteroatoms. The molecule has 8 nitrogen and oxygen atoms in total. The number of aryl methyl sites for hydroxylation is 1. The Balaban J connectivity index is 2.03. The van der Waals surface area contributed by atoms with Gasteiger partial charge in [0.2, 0.25) is 5.89 Å². The monoisotopic (exact) mass is 434 g/mol. The summed E-state index contributed by atoms with van der Waals surface area (Å²) in [6.07, 6.45) is 0. The molecule has 5 aromatic rings. The standard InChI is InChI=1S/C22H15ClN4O4/c1-25-19-15(20(28)26(2)22(25)30)17-16(21(29)27(19)14-6-4-3-5-7-14)24-18(31-17)12-8-10-13(23)11-9-12/h3-11H,1-2H3. The van der Waals surface area contributed by atoms with E-state index in [4.69, 9.17) is 16.0 Å². The van der Waals surface area contributed by atoms with Crippen LogP contribution in [0, 0.1) is 0 Å². The number of hydrogen-bond acceptors (Lipinski definition) is 5. The fourth-order valence-electron chi connectivity index (χ4n) is 3.66. The molecule has 0 fully saturated rings. The molecule has 0 bridgehead atoms. The van der Waals surface area contributed by atoms with Crippen LogP contribution in [0.4, 0.5) is 0 Å². The molecule has 154 valence electrons. The summed E-state index contributed by atoms with van der Waals surface area (Å²) in [7, 11) is 2.88. The summed E-state index contributed by atoms with van der Waals surface area (Å²) >= 11 is 5.96. The van der Waals surface area contributed by atoms with Gasteiger partial charge in [0.1, 0.15) is 11.0 Å². The van der Waals surface area contributed by atoms with Crippen LogP contribution in [0.25, 0.3) is 39.3 Å². The molecule has 0 atom stereocenters. The van der Waals surface area contributed by atoms with Crippen LogP contribution in [0.1, 0.15) is 0 Å². The van der Waals surface area contributed by atoms with Crippen molar-refractivity contribution in [3.05, 3.63) is 90.8 Å². The molecular formula is C22H15ClN4O4. The van der Waals surface area contributed by atoms with Crippen LogP contribution in [0.5, 0.6) is 0 Å². The van der Waals surface area contributed by atoms with E-state index in [2.05, 4.69) is 4.98 Å². The van der Waals surface area contributed by atoms with E-state index >= 15 is 0 Å². The molecule has 31 heavy (non-hydrogen) atoms. The van der Waals surface area contributed by atoms with Gasteiger partial charge < -0.3 is 4.42 Å². The minimum atomic E-state index is -0.577. The van der Waals surface area contributed by atoms with Gasteiger partial charge in [0.15, 0.2) is 11.1 Å². The van der Waals surface area contributed by atoms with Gasteiger partial charge in [0, 0.05) is 24.7 Å². The second-order valence-corrected chi connectivity index (χ2v) is 7.52. The Hall–Kier alpha value is -3.91. The zero-order valence-electron chi connectivity index (χ0n) is 16.5. The molecule has 0 saturated heterocycles. The van der Waals surface area contributed by atoms with E-state index < -0.39 is 16.8 Å². The number of para-hydroxylation sites is 1. The number of benzene rings is 2. The number of aromatic nitrogens is 4. The summed E-state index contributed by atoms with van der Waals surface area (Å²) in [6.45, 7) is 0. The van der Waals surface area contributed by atoms with Gasteiger partial charge in [-0.05, 0) is 36.4 Å². The van der Waals surface area contributed by atoms with E-state index in [1.54, 1.807) is 48.5 Å². The third kappa shape index (κ3) is 2.76. The van der Waals surface area contributed by atoms with Gasteiger partial charge in [-0.1, -0.05) is 29.8 Å². The molecule has 0 saturated carbocycles. The van der Waals surface area contributed by atoms with Crippen molar-refractivity contribution in [2.45, 2.75) is 0 Å². The fraction of sp³-hybridized carbons (Fsp3) is 0.0909. The number of pyridine rings is 1. The molecule has 0 unspecified atom stereocenters. The molecule has 0 aliphatic rings. The minimum Gasteiger partial charge on any atom is -0.435 e. The van der Waals surface area contributed by atoms with Gasteiger partial charge in [-0.2, -0.15) is 0 Å². The van der Waals surface area contributed by atoms with Gasteiger partial charge >= 0.3 is 5.69 Å². The second kappa shape index (κ2) is 6.82. The molecule has 5 rings (SSSR count). The van der Waals surface area contributed by atoms with Crippen molar-refractivity contribution in [2.24, 2.45) is 14.1 Å². The lowest BCUT2D eigenvalue weighted by Gasteiger charge is -2.14. The van der Waals surface area contributed by atoms with Crippen molar-refractivity contribution in [1.29, 1.82) is 0 Å². The van der Waals surface area contributed by atoms with Crippen LogP contribution >= 0.6 is 11.6 Å². The summed E-state index contributed by atoms with van der Waals surface area (Å²) in [5, 5.41) is 0.636. The largest absolute Gasteiger partial charge is 0.435 e. The molecule has 0 aliphatic carbocycles. The highest BCUT2D eigenvalue weighted by atomic mass is 35.5. The average Bonchev–Trinajstić information content (AvgIpc) is 3.23. The van der Waals surface area contributed by atoms with Gasteiger partial charge in [-0.25, -0.2) is 9.78 Å². The SMILES string of the molecule is Cn1c(=O)c2c3oc(-c4ccc(Cl)cc4)nc3c(=O)n(-c3ccccc3)c2n(C)c1=O. The summed E-state index contributed by atoms with van der Waals surface area (Å²) in [4.78, 5) is 43.7. The first-order valence-corrected chi connectivity index (χ1v) is 9.73. The Morgan fingerprint density at radius 2 is 1.55 bits per heavy atom. The number of halogens is 1. The Bertz CT molecular complexity index is 1660. The maximum atomic E-state index is 13.5. The Labute approximate surface area is 179 Å². The number of rotatable bonds is 2. The predicted molar refractivity (Wildman–Crippen MR) is 118 cm³/mol. The fourth-order valence-corrected chi connectivity index (χ4v) is 3.79. The van der Waals surface area contributed by atoms with E-state index in [-0.39, 0.29) is 28.0 Å². The van der Waals surface area contributed by atoms with Crippen LogP contribution < -0.4 is 16.8 Å². The third-order valence-corrected chi connectivity index (χ3v) is 5.46. The average molecular weight is 435 g/mol. The van der Waals surface area contributed by atoms with Crippen molar-refractivity contribution in [2.75, 3.05) is 0 Å². The normalized spacial score (nSPS) is 11.5. The van der Waals surface area contributed by atoms with Crippen LogP contribution in [-0.2, 0) is 14.1 Å². The zero-order chi connectivity index (χ0) is 21.9. The smallest absolute Gasteiger partial charge is 0.332 e. The zero-order valence-corrected chi connectivity index (χ0v) is 17.3. The number of hydrogen-bond donors (Lipinski definition) is 0. The molecule has 0 aliphatic heterocycles. The van der Waals surface area contributed by atoms with Gasteiger partial charge in [-0.15, -0.1) is 0 Å². The first-order valence-electron chi connectivity index (χ1n) is 9.35. The van der Waals surface area contributed by atoms with Crippen molar-refractivity contribution in [3.8, 4) is 17.1 Å². The third-order valence-electron chi connectivity index (χ3n) is 5.21. The van der Waals surface area contributed by atoms with E-state index in [0.717, 1.165) is 4.57 Å². The number of nitrogens with zero attached hydrogens (tertiary/aromatic N) is 4. The first-order chi connectivity index (χ1) is 14.9. The molecular weight excluding hydrogens is 420 g/mol. The van der Waals surface area contributed by atoms with Gasteiger partial charge in [0.05, 0.1) is 5.69 Å². The van der Waals surface area contributed by atoms with E-state index in [9.17, 15) is 14.4 Å². The summed E-state index contributed by atoms with van der Waals surface area (Å²) in [5.74, 6) is 0.173. The first kappa shape index (κ1) is 19.1. The van der Waals surface area contributed by atoms with E-state index in [1.165, 1.54) is 23.2 Å². The summed E-state index contributed by atoms with van der Waals surface area (Å²) < 4.78 is 9.46. The lowest BCUT2D eigenvalue weighted by molar-refractivity contribution is 0.620. The molecule has 3 heterocycles. The van der Waals surface area contributed by atoms with Crippen molar-refractivity contribution in [3.63, 3.8) is 0 Å². The predicted octanol–water partition coefficient (Wildman–Crippen LogP) is 2.85.